The maximum absolute atomic E-state index is 5.64. The molecule has 0 radical (unpaired) electrons. The number of hydrogen-bond acceptors (Lipinski definition) is 4. The Kier molecular flexibility index (Phi) is 3.73. The Morgan fingerprint density at radius 1 is 1.37 bits per heavy atom. The van der Waals surface area contributed by atoms with Crippen LogP contribution < -0.4 is 5.32 Å². The average molecular weight is 277 g/mol. The molecule has 3 unspecified atom stereocenters. The molecule has 1 aliphatic carbocycles. The summed E-state index contributed by atoms with van der Waals surface area (Å²) in [5.74, 6) is 0. The van der Waals surface area contributed by atoms with Crippen molar-refractivity contribution in [2.45, 2.75) is 31.6 Å². The van der Waals surface area contributed by atoms with Gasteiger partial charge in [-0.3, -0.25) is 0 Å². The van der Waals surface area contributed by atoms with Crippen LogP contribution in [0, 0.1) is 0 Å². The number of thiophene rings is 1. The van der Waals surface area contributed by atoms with Crippen LogP contribution in [-0.4, -0.2) is 32.0 Å². The third-order valence-electron chi connectivity index (χ3n) is 3.71. The van der Waals surface area contributed by atoms with E-state index in [1.807, 2.05) is 6.92 Å². The second kappa shape index (κ2) is 5.49. The molecule has 0 amide bonds. The smallest absolute Gasteiger partial charge is 0.103 e. The monoisotopic (exact) mass is 277 g/mol. The molecule has 1 aliphatic rings. The summed E-state index contributed by atoms with van der Waals surface area (Å²) in [6.07, 6.45) is 1.39. The van der Waals surface area contributed by atoms with Crippen molar-refractivity contribution in [3.8, 4) is 0 Å². The Labute approximate surface area is 117 Å². The summed E-state index contributed by atoms with van der Waals surface area (Å²) in [5, 5.41) is 6.97. The van der Waals surface area contributed by atoms with Crippen molar-refractivity contribution < 1.29 is 9.47 Å². The summed E-state index contributed by atoms with van der Waals surface area (Å²) in [6.45, 7) is 2.77. The number of benzene rings is 1. The normalized spacial score (nSPS) is 26.3. The minimum Gasteiger partial charge on any atom is -0.379 e. The molecule has 1 saturated carbocycles. The average Bonchev–Trinajstić information content (AvgIpc) is 2.85. The number of rotatable bonds is 5. The molecule has 1 heterocycles. The van der Waals surface area contributed by atoms with Gasteiger partial charge < -0.3 is 14.8 Å². The first-order chi connectivity index (χ1) is 9.31. The third kappa shape index (κ3) is 2.48. The molecule has 1 N–H and O–H groups in total. The lowest BCUT2D eigenvalue weighted by Crippen LogP contribution is -2.56. The number of anilines is 1. The molecule has 3 nitrogen and oxygen atoms in total. The van der Waals surface area contributed by atoms with Gasteiger partial charge in [0.05, 0.1) is 12.1 Å². The van der Waals surface area contributed by atoms with E-state index in [4.69, 9.17) is 9.47 Å². The summed E-state index contributed by atoms with van der Waals surface area (Å²) >= 11 is 1.77. The molecule has 0 saturated heterocycles. The van der Waals surface area contributed by atoms with Crippen molar-refractivity contribution in [1.82, 2.24) is 0 Å². The van der Waals surface area contributed by atoms with Gasteiger partial charge in [-0.05, 0) is 48.4 Å². The highest BCUT2D eigenvalue weighted by Crippen LogP contribution is 2.31. The van der Waals surface area contributed by atoms with Gasteiger partial charge in [-0.2, -0.15) is 0 Å². The van der Waals surface area contributed by atoms with Crippen LogP contribution in [0.1, 0.15) is 13.3 Å². The van der Waals surface area contributed by atoms with E-state index in [0.717, 1.165) is 18.7 Å². The molecule has 1 fully saturated rings. The molecule has 0 aliphatic heterocycles. The van der Waals surface area contributed by atoms with E-state index in [-0.39, 0.29) is 12.2 Å². The van der Waals surface area contributed by atoms with Gasteiger partial charge in [0.1, 0.15) is 6.10 Å². The van der Waals surface area contributed by atoms with Gasteiger partial charge in [0.15, 0.2) is 0 Å². The first-order valence-electron chi connectivity index (χ1n) is 6.70. The van der Waals surface area contributed by atoms with Gasteiger partial charge in [-0.15, -0.1) is 11.3 Å². The van der Waals surface area contributed by atoms with Crippen LogP contribution in [0.2, 0.25) is 0 Å². The number of fused-ring (bicyclic) bond motifs is 1. The molecule has 4 heteroatoms. The highest BCUT2D eigenvalue weighted by atomic mass is 32.1. The van der Waals surface area contributed by atoms with Crippen LogP contribution in [0.3, 0.4) is 0 Å². The van der Waals surface area contributed by atoms with Crippen molar-refractivity contribution in [2.75, 3.05) is 19.0 Å². The largest absolute Gasteiger partial charge is 0.379 e. The molecule has 0 spiro atoms. The molecule has 0 bridgehead atoms. The van der Waals surface area contributed by atoms with Crippen molar-refractivity contribution in [3.05, 3.63) is 29.6 Å². The minimum atomic E-state index is 0.151. The fraction of sp³-hybridized carbons (Fsp3) is 0.467. The third-order valence-corrected chi connectivity index (χ3v) is 4.60. The van der Waals surface area contributed by atoms with E-state index in [1.54, 1.807) is 18.4 Å². The van der Waals surface area contributed by atoms with Crippen molar-refractivity contribution in [3.63, 3.8) is 0 Å². The maximum atomic E-state index is 5.64. The molecular weight excluding hydrogens is 258 g/mol. The first kappa shape index (κ1) is 12.9. The number of ether oxygens (including phenoxy) is 2. The Balaban J connectivity index is 1.68. The fourth-order valence-electron chi connectivity index (χ4n) is 2.69. The molecule has 1 aromatic heterocycles. The van der Waals surface area contributed by atoms with Gasteiger partial charge >= 0.3 is 0 Å². The second-order valence-corrected chi connectivity index (χ2v) is 5.80. The Morgan fingerprint density at radius 2 is 2.26 bits per heavy atom. The SMILES string of the molecule is CCOC1CC(Nc2ccc3sccc3c2)C1OC. The lowest BCUT2D eigenvalue weighted by atomic mass is 9.85. The topological polar surface area (TPSA) is 30.5 Å². The fourth-order valence-corrected chi connectivity index (χ4v) is 3.46. The standard InChI is InChI=1S/C15H19NO2S/c1-3-18-13-9-12(15(13)17-2)16-11-4-5-14-10(8-11)6-7-19-14/h4-8,12-13,15-16H,3,9H2,1-2H3. The molecule has 102 valence electrons. The van der Waals surface area contributed by atoms with Crippen LogP contribution in [0.5, 0.6) is 0 Å². The molecule has 1 aromatic carbocycles. The predicted octanol–water partition coefficient (Wildman–Crippen LogP) is 3.51. The summed E-state index contributed by atoms with van der Waals surface area (Å²) in [5.41, 5.74) is 1.16. The Hall–Kier alpha value is -1.10. The van der Waals surface area contributed by atoms with E-state index < -0.39 is 0 Å². The van der Waals surface area contributed by atoms with E-state index in [9.17, 15) is 0 Å². The summed E-state index contributed by atoms with van der Waals surface area (Å²) in [4.78, 5) is 0. The zero-order valence-corrected chi connectivity index (χ0v) is 12.1. The molecule has 19 heavy (non-hydrogen) atoms. The summed E-state index contributed by atoms with van der Waals surface area (Å²) in [7, 11) is 1.76. The van der Waals surface area contributed by atoms with Gasteiger partial charge in [-0.25, -0.2) is 0 Å². The van der Waals surface area contributed by atoms with Crippen LogP contribution in [0.15, 0.2) is 29.6 Å². The van der Waals surface area contributed by atoms with E-state index in [1.165, 1.54) is 10.1 Å². The molecule has 3 atom stereocenters. The van der Waals surface area contributed by atoms with E-state index in [0.29, 0.717) is 6.04 Å². The number of hydrogen-bond donors (Lipinski definition) is 1. The first-order valence-corrected chi connectivity index (χ1v) is 7.58. The summed E-state index contributed by atoms with van der Waals surface area (Å²) < 4.78 is 12.5. The van der Waals surface area contributed by atoms with E-state index in [2.05, 4.69) is 35.0 Å². The van der Waals surface area contributed by atoms with Crippen LogP contribution in [0.4, 0.5) is 5.69 Å². The Bertz CT molecular complexity index is 554. The molecular formula is C15H19NO2S. The lowest BCUT2D eigenvalue weighted by molar-refractivity contribution is -0.118. The van der Waals surface area contributed by atoms with E-state index >= 15 is 0 Å². The van der Waals surface area contributed by atoms with Gasteiger partial charge in [0, 0.05) is 24.1 Å². The number of methoxy groups -OCH3 is 1. The second-order valence-electron chi connectivity index (χ2n) is 4.85. The summed E-state index contributed by atoms with van der Waals surface area (Å²) in [6, 6.07) is 9.01. The van der Waals surface area contributed by atoms with Gasteiger partial charge in [-0.1, -0.05) is 0 Å². The Morgan fingerprint density at radius 3 is 3.05 bits per heavy atom. The highest BCUT2D eigenvalue weighted by Gasteiger charge is 2.42. The predicted molar refractivity (Wildman–Crippen MR) is 80.1 cm³/mol. The van der Waals surface area contributed by atoms with Crippen molar-refractivity contribution in [2.24, 2.45) is 0 Å². The zero-order chi connectivity index (χ0) is 13.2. The molecule has 3 rings (SSSR count). The van der Waals surface area contributed by atoms with Crippen LogP contribution in [-0.2, 0) is 9.47 Å². The van der Waals surface area contributed by atoms with Crippen LogP contribution >= 0.6 is 11.3 Å². The quantitative estimate of drug-likeness (QED) is 0.907. The number of nitrogens with one attached hydrogen (secondary N) is 1. The van der Waals surface area contributed by atoms with Gasteiger partial charge in [0.2, 0.25) is 0 Å². The maximum Gasteiger partial charge on any atom is 0.103 e. The van der Waals surface area contributed by atoms with Crippen molar-refractivity contribution in [1.29, 1.82) is 0 Å². The minimum absolute atomic E-state index is 0.151. The lowest BCUT2D eigenvalue weighted by Gasteiger charge is -2.43. The molecule has 2 aromatic rings. The highest BCUT2D eigenvalue weighted by molar-refractivity contribution is 7.17. The van der Waals surface area contributed by atoms with Gasteiger partial charge in [0.25, 0.3) is 0 Å². The van der Waals surface area contributed by atoms with Crippen molar-refractivity contribution >= 4 is 27.1 Å². The van der Waals surface area contributed by atoms with Crippen LogP contribution in [0.25, 0.3) is 10.1 Å². The zero-order valence-electron chi connectivity index (χ0n) is 11.3.